The zero-order valence-corrected chi connectivity index (χ0v) is 14.1. The van der Waals surface area contributed by atoms with Crippen molar-refractivity contribution in [3.63, 3.8) is 0 Å². The fraction of sp³-hybridized carbons (Fsp3) is 1.00. The summed E-state index contributed by atoms with van der Waals surface area (Å²) in [4.78, 5) is 2.59. The highest BCUT2D eigenvalue weighted by molar-refractivity contribution is 4.91. The molecule has 1 saturated carbocycles. The van der Waals surface area contributed by atoms with Gasteiger partial charge in [-0.1, -0.05) is 13.8 Å². The summed E-state index contributed by atoms with van der Waals surface area (Å²) in [5.74, 6) is 0.781. The van der Waals surface area contributed by atoms with E-state index in [0.717, 1.165) is 5.92 Å². The molecule has 0 unspecified atom stereocenters. The number of hydrogen-bond donors (Lipinski definition) is 1. The topological polar surface area (TPSA) is 24.5 Å². The second-order valence-corrected chi connectivity index (χ2v) is 8.21. The summed E-state index contributed by atoms with van der Waals surface area (Å²) in [5, 5.41) is 3.66. The van der Waals surface area contributed by atoms with E-state index in [4.69, 9.17) is 4.74 Å². The van der Waals surface area contributed by atoms with Crippen molar-refractivity contribution >= 4 is 0 Å². The van der Waals surface area contributed by atoms with E-state index in [-0.39, 0.29) is 5.54 Å². The van der Waals surface area contributed by atoms with Crippen molar-refractivity contribution in [3.8, 4) is 0 Å². The van der Waals surface area contributed by atoms with Crippen LogP contribution in [0.4, 0.5) is 0 Å². The summed E-state index contributed by atoms with van der Waals surface area (Å²) in [5.41, 5.74) is 0.234. The van der Waals surface area contributed by atoms with Crippen LogP contribution in [0.3, 0.4) is 0 Å². The molecule has 0 amide bonds. The van der Waals surface area contributed by atoms with Crippen LogP contribution in [0, 0.1) is 5.92 Å². The molecule has 3 heteroatoms. The van der Waals surface area contributed by atoms with Gasteiger partial charge in [-0.15, -0.1) is 0 Å². The summed E-state index contributed by atoms with van der Waals surface area (Å²) in [7, 11) is 0. The molecule has 0 spiro atoms. The monoisotopic (exact) mass is 282 g/mol. The predicted molar refractivity (Wildman–Crippen MR) is 85.1 cm³/mol. The number of piperidine rings is 1. The van der Waals surface area contributed by atoms with Gasteiger partial charge in [-0.25, -0.2) is 0 Å². The standard InChI is InChI=1S/C17H34N2O/c1-13(2)12-19-8-6-15(7-9-19)20-16-10-14(11-16)18-17(3,4)5/h13-16,18H,6-12H2,1-5H3/t14-,16-. The third kappa shape index (κ3) is 5.34. The Kier molecular flexibility index (Phi) is 5.49. The van der Waals surface area contributed by atoms with Gasteiger partial charge in [0.05, 0.1) is 12.2 Å². The minimum absolute atomic E-state index is 0.234. The molecule has 1 heterocycles. The van der Waals surface area contributed by atoms with E-state index < -0.39 is 0 Å². The summed E-state index contributed by atoms with van der Waals surface area (Å²) >= 11 is 0. The maximum absolute atomic E-state index is 6.26. The van der Waals surface area contributed by atoms with Crippen molar-refractivity contribution in [3.05, 3.63) is 0 Å². The maximum Gasteiger partial charge on any atom is 0.0608 e. The number of nitrogens with one attached hydrogen (secondary N) is 1. The molecule has 1 N–H and O–H groups in total. The molecule has 0 aromatic carbocycles. The lowest BCUT2D eigenvalue weighted by Gasteiger charge is -2.43. The molecular formula is C17H34N2O. The average Bonchev–Trinajstić information content (AvgIpc) is 2.26. The lowest BCUT2D eigenvalue weighted by atomic mass is 9.87. The highest BCUT2D eigenvalue weighted by atomic mass is 16.5. The molecule has 1 saturated heterocycles. The highest BCUT2D eigenvalue weighted by Gasteiger charge is 2.34. The van der Waals surface area contributed by atoms with Crippen LogP contribution < -0.4 is 5.32 Å². The summed E-state index contributed by atoms with van der Waals surface area (Å²) < 4.78 is 6.26. The van der Waals surface area contributed by atoms with E-state index in [2.05, 4.69) is 44.8 Å². The first kappa shape index (κ1) is 16.3. The fourth-order valence-corrected chi connectivity index (χ4v) is 3.42. The first-order valence-electron chi connectivity index (χ1n) is 8.47. The van der Waals surface area contributed by atoms with Crippen LogP contribution in [0.25, 0.3) is 0 Å². The molecule has 0 aromatic rings. The van der Waals surface area contributed by atoms with Gasteiger partial charge in [-0.2, -0.15) is 0 Å². The molecule has 1 aliphatic carbocycles. The Labute approximate surface area is 125 Å². The normalized spacial score (nSPS) is 29.7. The van der Waals surface area contributed by atoms with Crippen molar-refractivity contribution in [2.24, 2.45) is 5.92 Å². The van der Waals surface area contributed by atoms with Gasteiger partial charge in [0.1, 0.15) is 0 Å². The molecule has 0 atom stereocenters. The molecular weight excluding hydrogens is 248 g/mol. The predicted octanol–water partition coefficient (Wildman–Crippen LogP) is 3.04. The quantitative estimate of drug-likeness (QED) is 0.839. The minimum atomic E-state index is 0.234. The van der Waals surface area contributed by atoms with Crippen molar-refractivity contribution in [2.75, 3.05) is 19.6 Å². The van der Waals surface area contributed by atoms with Crippen LogP contribution in [-0.2, 0) is 4.74 Å². The lowest BCUT2D eigenvalue weighted by molar-refractivity contribution is -0.0871. The van der Waals surface area contributed by atoms with Crippen molar-refractivity contribution in [2.45, 2.75) is 84.1 Å². The van der Waals surface area contributed by atoms with E-state index in [9.17, 15) is 0 Å². The van der Waals surface area contributed by atoms with Crippen LogP contribution in [0.2, 0.25) is 0 Å². The molecule has 2 fully saturated rings. The number of ether oxygens (including phenoxy) is 1. The van der Waals surface area contributed by atoms with Crippen molar-refractivity contribution in [1.82, 2.24) is 10.2 Å². The van der Waals surface area contributed by atoms with Gasteiger partial charge in [0.2, 0.25) is 0 Å². The number of likely N-dealkylation sites (tertiary alicyclic amines) is 1. The van der Waals surface area contributed by atoms with E-state index in [1.54, 1.807) is 0 Å². The Hall–Kier alpha value is -0.120. The number of rotatable bonds is 5. The van der Waals surface area contributed by atoms with Crippen LogP contribution in [-0.4, -0.2) is 48.3 Å². The van der Waals surface area contributed by atoms with Gasteiger partial charge >= 0.3 is 0 Å². The van der Waals surface area contributed by atoms with Gasteiger partial charge in [0.25, 0.3) is 0 Å². The van der Waals surface area contributed by atoms with Crippen LogP contribution in [0.1, 0.15) is 60.3 Å². The maximum atomic E-state index is 6.26. The zero-order chi connectivity index (χ0) is 14.8. The van der Waals surface area contributed by atoms with Crippen LogP contribution in [0.15, 0.2) is 0 Å². The van der Waals surface area contributed by atoms with Crippen LogP contribution >= 0.6 is 0 Å². The molecule has 0 aromatic heterocycles. The van der Waals surface area contributed by atoms with E-state index in [1.165, 1.54) is 45.3 Å². The second-order valence-electron chi connectivity index (χ2n) is 8.21. The van der Waals surface area contributed by atoms with Crippen LogP contribution in [0.5, 0.6) is 0 Å². The van der Waals surface area contributed by atoms with Gasteiger partial charge in [0.15, 0.2) is 0 Å². The van der Waals surface area contributed by atoms with E-state index in [1.807, 2.05) is 0 Å². The molecule has 20 heavy (non-hydrogen) atoms. The SMILES string of the molecule is CC(C)CN1CCC(O[C@H]2C[C@H](NC(C)(C)C)C2)CC1. The Morgan fingerprint density at radius 2 is 1.70 bits per heavy atom. The summed E-state index contributed by atoms with van der Waals surface area (Å²) in [6, 6.07) is 0.668. The number of nitrogens with zero attached hydrogens (tertiary/aromatic N) is 1. The molecule has 0 bridgehead atoms. The van der Waals surface area contributed by atoms with Gasteiger partial charge in [-0.05, 0) is 52.4 Å². The van der Waals surface area contributed by atoms with Gasteiger partial charge < -0.3 is 15.0 Å². The first-order chi connectivity index (χ1) is 9.32. The molecule has 1 aliphatic heterocycles. The smallest absolute Gasteiger partial charge is 0.0608 e. The van der Waals surface area contributed by atoms with Gasteiger partial charge in [-0.3, -0.25) is 0 Å². The highest BCUT2D eigenvalue weighted by Crippen LogP contribution is 2.28. The Balaban J connectivity index is 1.59. The summed E-state index contributed by atoms with van der Waals surface area (Å²) in [6.45, 7) is 15.0. The third-order valence-corrected chi connectivity index (χ3v) is 4.27. The minimum Gasteiger partial charge on any atom is -0.375 e. The first-order valence-corrected chi connectivity index (χ1v) is 8.47. The Morgan fingerprint density at radius 1 is 1.10 bits per heavy atom. The molecule has 118 valence electrons. The molecule has 0 radical (unpaired) electrons. The van der Waals surface area contributed by atoms with E-state index >= 15 is 0 Å². The molecule has 2 rings (SSSR count). The largest absolute Gasteiger partial charge is 0.375 e. The summed E-state index contributed by atoms with van der Waals surface area (Å²) in [6.07, 6.45) is 5.87. The fourth-order valence-electron chi connectivity index (χ4n) is 3.42. The average molecular weight is 282 g/mol. The third-order valence-electron chi connectivity index (χ3n) is 4.27. The Bertz CT molecular complexity index is 284. The molecule has 2 aliphatic rings. The lowest BCUT2D eigenvalue weighted by Crippen LogP contribution is -2.53. The van der Waals surface area contributed by atoms with Gasteiger partial charge in [0, 0.05) is 31.2 Å². The van der Waals surface area contributed by atoms with E-state index in [0.29, 0.717) is 18.2 Å². The Morgan fingerprint density at radius 3 is 2.20 bits per heavy atom. The van der Waals surface area contributed by atoms with Crippen molar-refractivity contribution < 1.29 is 4.74 Å². The second kappa shape index (κ2) is 6.76. The zero-order valence-electron chi connectivity index (χ0n) is 14.1. The van der Waals surface area contributed by atoms with Crippen molar-refractivity contribution in [1.29, 1.82) is 0 Å². The molecule has 3 nitrogen and oxygen atoms in total. The number of hydrogen-bond acceptors (Lipinski definition) is 3.